The lowest BCUT2D eigenvalue weighted by Crippen LogP contribution is -2.29. The van der Waals surface area contributed by atoms with Gasteiger partial charge in [-0.25, -0.2) is 5.84 Å². The highest BCUT2D eigenvalue weighted by atomic mass is 32.1. The number of rotatable bonds is 1. The van der Waals surface area contributed by atoms with Crippen LogP contribution in [0, 0.1) is 11.8 Å². The van der Waals surface area contributed by atoms with E-state index < -0.39 is 17.3 Å². The van der Waals surface area contributed by atoms with Crippen molar-refractivity contribution in [1.82, 2.24) is 5.43 Å². The van der Waals surface area contributed by atoms with E-state index in [1.54, 1.807) is 12.1 Å². The number of nitrogen functional groups attached to an aromatic ring is 1. The van der Waals surface area contributed by atoms with E-state index in [-0.39, 0.29) is 23.2 Å². The molecule has 2 unspecified atom stereocenters. The largest absolute Gasteiger partial charge is 0.412 e. The molecule has 8 heteroatoms. The Morgan fingerprint density at radius 2 is 1.68 bits per heavy atom. The molecule has 7 nitrogen and oxygen atoms in total. The van der Waals surface area contributed by atoms with Crippen LogP contribution < -0.4 is 11.3 Å². The van der Waals surface area contributed by atoms with Crippen molar-refractivity contribution in [2.45, 2.75) is 25.7 Å². The Morgan fingerprint density at radius 1 is 1.14 bits per heavy atom. The number of carbonyl (C=O) groups excluding carboxylic acids is 4. The molecule has 0 bridgehead atoms. The van der Waals surface area contributed by atoms with Crippen molar-refractivity contribution in [2.75, 3.05) is 0 Å². The fraction of sp³-hybridized carbons (Fsp3) is 0.429. The van der Waals surface area contributed by atoms with E-state index in [1.165, 1.54) is 11.3 Å². The van der Waals surface area contributed by atoms with Crippen LogP contribution in [0.15, 0.2) is 17.5 Å². The molecule has 1 heterocycles. The van der Waals surface area contributed by atoms with Gasteiger partial charge in [0.05, 0.1) is 4.88 Å². The van der Waals surface area contributed by atoms with Crippen LogP contribution in [0.2, 0.25) is 0 Å². The second-order valence-corrected chi connectivity index (χ2v) is 5.95. The van der Waals surface area contributed by atoms with Gasteiger partial charge in [-0.1, -0.05) is 18.9 Å². The standard InChI is InChI=1S/C9H10O3.C5H6N2OS.H2O/c10-7-5-3-1-2-4-6(5)8(11)9(7)12;6-7-5(8)4-2-1-3-9-4;/h5-6H,1-4H2;1-3H,6H2,(H,7,8);1H2. The molecule has 0 aromatic carbocycles. The fourth-order valence-electron chi connectivity index (χ4n) is 2.70. The summed E-state index contributed by atoms with van der Waals surface area (Å²) in [6, 6.07) is 3.52. The third-order valence-electron chi connectivity index (χ3n) is 3.76. The average Bonchev–Trinajstić information content (AvgIpc) is 3.13. The second-order valence-electron chi connectivity index (χ2n) is 5.01. The Balaban J connectivity index is 0.000000219. The smallest absolute Gasteiger partial charge is 0.275 e. The molecule has 1 aromatic heterocycles. The van der Waals surface area contributed by atoms with Crippen molar-refractivity contribution in [1.29, 1.82) is 0 Å². The van der Waals surface area contributed by atoms with Gasteiger partial charge in [-0.15, -0.1) is 11.3 Å². The molecule has 120 valence electrons. The first-order chi connectivity index (χ1) is 10.1. The molecule has 2 fully saturated rings. The molecule has 2 atom stereocenters. The first kappa shape index (κ1) is 18.1. The summed E-state index contributed by atoms with van der Waals surface area (Å²) in [7, 11) is 0. The van der Waals surface area contributed by atoms with Crippen molar-refractivity contribution in [3.63, 3.8) is 0 Å². The second kappa shape index (κ2) is 7.92. The molecule has 0 saturated heterocycles. The highest BCUT2D eigenvalue weighted by Crippen LogP contribution is 2.36. The van der Waals surface area contributed by atoms with E-state index >= 15 is 0 Å². The van der Waals surface area contributed by atoms with E-state index in [1.807, 2.05) is 10.8 Å². The molecule has 5 N–H and O–H groups in total. The summed E-state index contributed by atoms with van der Waals surface area (Å²) in [5.41, 5.74) is 2.04. The van der Waals surface area contributed by atoms with Crippen LogP contribution in [0.25, 0.3) is 0 Å². The van der Waals surface area contributed by atoms with Gasteiger partial charge in [0.1, 0.15) is 0 Å². The van der Waals surface area contributed by atoms with Gasteiger partial charge in [-0.05, 0) is 24.3 Å². The predicted octanol–water partition coefficient (Wildman–Crippen LogP) is 0.0406. The minimum Gasteiger partial charge on any atom is -0.412 e. The number of thiophene rings is 1. The number of ketones is 3. The minimum atomic E-state index is -0.744. The number of hydrogen-bond donors (Lipinski definition) is 2. The summed E-state index contributed by atoms with van der Waals surface area (Å²) in [6.07, 6.45) is 3.43. The molecule has 2 aliphatic rings. The van der Waals surface area contributed by atoms with Gasteiger partial charge in [0.15, 0.2) is 0 Å². The number of hydrogen-bond acceptors (Lipinski definition) is 6. The number of fused-ring (bicyclic) bond motifs is 1. The van der Waals surface area contributed by atoms with Gasteiger partial charge in [-0.2, -0.15) is 0 Å². The zero-order valence-corrected chi connectivity index (χ0v) is 12.7. The van der Waals surface area contributed by atoms with Crippen LogP contribution >= 0.6 is 11.3 Å². The Morgan fingerprint density at radius 3 is 2.09 bits per heavy atom. The molecule has 2 saturated carbocycles. The zero-order chi connectivity index (χ0) is 15.4. The topological polar surface area (TPSA) is 138 Å². The lowest BCUT2D eigenvalue weighted by atomic mass is 9.81. The summed E-state index contributed by atoms with van der Waals surface area (Å²) in [5, 5.41) is 1.82. The molecule has 0 spiro atoms. The quantitative estimate of drug-likeness (QED) is 0.325. The summed E-state index contributed by atoms with van der Waals surface area (Å²) in [5.74, 6) is 2.54. The molecule has 0 aliphatic heterocycles. The van der Waals surface area contributed by atoms with E-state index in [0.29, 0.717) is 4.88 Å². The van der Waals surface area contributed by atoms with Crippen LogP contribution in [0.1, 0.15) is 35.4 Å². The predicted molar refractivity (Wildman–Crippen MR) is 80.1 cm³/mol. The van der Waals surface area contributed by atoms with Crippen molar-refractivity contribution in [2.24, 2.45) is 17.7 Å². The number of hydrazine groups is 1. The lowest BCUT2D eigenvalue weighted by Gasteiger charge is -2.20. The number of nitrogens with two attached hydrogens (primary N) is 1. The van der Waals surface area contributed by atoms with Gasteiger partial charge in [-0.3, -0.25) is 24.6 Å². The Hall–Kier alpha value is -1.90. The van der Waals surface area contributed by atoms with Crippen LogP contribution in [-0.2, 0) is 14.4 Å². The number of Topliss-reactive ketones (excluding diaryl/α,β-unsaturated/α-hetero) is 3. The molecule has 22 heavy (non-hydrogen) atoms. The van der Waals surface area contributed by atoms with Gasteiger partial charge in [0.25, 0.3) is 11.7 Å². The van der Waals surface area contributed by atoms with Crippen LogP contribution in [-0.4, -0.2) is 28.7 Å². The molecular formula is C14H18N2O5S. The van der Waals surface area contributed by atoms with E-state index in [9.17, 15) is 19.2 Å². The first-order valence-corrected chi connectivity index (χ1v) is 7.61. The van der Waals surface area contributed by atoms with Gasteiger partial charge >= 0.3 is 0 Å². The monoisotopic (exact) mass is 326 g/mol. The number of carbonyl (C=O) groups is 4. The Kier molecular flexibility index (Phi) is 6.54. The summed E-state index contributed by atoms with van der Waals surface area (Å²) >= 11 is 1.36. The third-order valence-corrected chi connectivity index (χ3v) is 4.63. The maximum absolute atomic E-state index is 11.2. The van der Waals surface area contributed by atoms with Gasteiger partial charge < -0.3 is 5.48 Å². The highest BCUT2D eigenvalue weighted by molar-refractivity contribution is 7.12. The summed E-state index contributed by atoms with van der Waals surface area (Å²) < 4.78 is 0. The first-order valence-electron chi connectivity index (χ1n) is 6.73. The third kappa shape index (κ3) is 3.65. The van der Waals surface area contributed by atoms with E-state index in [2.05, 4.69) is 0 Å². The summed E-state index contributed by atoms with van der Waals surface area (Å²) in [6.45, 7) is 0. The normalized spacial score (nSPS) is 23.0. The van der Waals surface area contributed by atoms with Crippen LogP contribution in [0.4, 0.5) is 0 Å². The maximum atomic E-state index is 11.2. The van der Waals surface area contributed by atoms with Crippen molar-refractivity contribution < 1.29 is 24.7 Å². The maximum Gasteiger partial charge on any atom is 0.275 e. The van der Waals surface area contributed by atoms with E-state index in [0.717, 1.165) is 25.7 Å². The zero-order valence-electron chi connectivity index (χ0n) is 11.8. The molecule has 3 rings (SSSR count). The minimum absolute atomic E-state index is 0. The van der Waals surface area contributed by atoms with Gasteiger partial charge in [0, 0.05) is 11.8 Å². The lowest BCUT2D eigenvalue weighted by molar-refractivity contribution is -0.141. The highest BCUT2D eigenvalue weighted by Gasteiger charge is 2.48. The molecule has 1 aromatic rings. The van der Waals surface area contributed by atoms with Crippen LogP contribution in [0.5, 0.6) is 0 Å². The average molecular weight is 326 g/mol. The van der Waals surface area contributed by atoms with Crippen LogP contribution in [0.3, 0.4) is 0 Å². The van der Waals surface area contributed by atoms with Crippen molar-refractivity contribution >= 4 is 34.6 Å². The number of nitrogens with one attached hydrogen (secondary N) is 1. The van der Waals surface area contributed by atoms with E-state index in [4.69, 9.17) is 5.84 Å². The number of amides is 1. The van der Waals surface area contributed by atoms with Crippen molar-refractivity contribution in [3.8, 4) is 0 Å². The SMILES string of the molecule is NNC(=O)c1cccs1.O.O=C1C(=O)C2CCCCC2C1=O. The molecule has 0 radical (unpaired) electrons. The fourth-order valence-corrected chi connectivity index (χ4v) is 3.32. The Labute approximate surface area is 131 Å². The Bertz CT molecular complexity index is 544. The molecular weight excluding hydrogens is 308 g/mol. The molecule has 2 aliphatic carbocycles. The van der Waals surface area contributed by atoms with Gasteiger partial charge in [0.2, 0.25) is 11.6 Å². The molecule has 1 amide bonds. The summed E-state index contributed by atoms with van der Waals surface area (Å²) in [4.78, 5) is 44.6. The van der Waals surface area contributed by atoms with Crippen molar-refractivity contribution in [3.05, 3.63) is 22.4 Å².